The first-order valence-corrected chi connectivity index (χ1v) is 7.96. The monoisotopic (exact) mass is 281 g/mol. The van der Waals surface area contributed by atoms with Crippen LogP contribution in [0.5, 0.6) is 0 Å². The van der Waals surface area contributed by atoms with Crippen molar-refractivity contribution in [1.29, 1.82) is 0 Å². The van der Waals surface area contributed by atoms with Crippen LogP contribution >= 0.6 is 0 Å². The molecule has 0 amide bonds. The maximum Gasteiger partial charge on any atom is 0.270 e. The molecule has 2 rings (SSSR count). The largest absolute Gasteiger partial charge is 0.270 e. The van der Waals surface area contributed by atoms with E-state index in [0.717, 1.165) is 31.2 Å². The van der Waals surface area contributed by atoms with Crippen LogP contribution in [0, 0.1) is 17.0 Å². The zero-order valence-corrected chi connectivity index (χ0v) is 11.9. The second-order valence-electron chi connectivity index (χ2n) is 5.12. The number of non-ortho nitro benzene ring substituents is 1. The molecular weight excluding hydrogens is 262 g/mol. The molecule has 0 aromatic heterocycles. The lowest BCUT2D eigenvalue weighted by Gasteiger charge is -2.15. The zero-order chi connectivity index (χ0) is 13.8. The molecule has 1 saturated carbocycles. The van der Waals surface area contributed by atoms with Crippen molar-refractivity contribution < 1.29 is 9.13 Å². The molecule has 0 saturated heterocycles. The predicted molar refractivity (Wildman–Crippen MR) is 75.7 cm³/mol. The van der Waals surface area contributed by atoms with E-state index in [2.05, 4.69) is 0 Å². The Labute approximate surface area is 115 Å². The Morgan fingerprint density at radius 3 is 2.42 bits per heavy atom. The Morgan fingerprint density at radius 1 is 1.21 bits per heavy atom. The lowest BCUT2D eigenvalue weighted by Crippen LogP contribution is -2.15. The summed E-state index contributed by atoms with van der Waals surface area (Å²) in [5.41, 5.74) is 0.913. The average molecular weight is 281 g/mol. The summed E-state index contributed by atoms with van der Waals surface area (Å²) in [6.45, 7) is 1.87. The van der Waals surface area contributed by atoms with Gasteiger partial charge in [-0.2, -0.15) is 0 Å². The number of nitro groups is 1. The highest BCUT2D eigenvalue weighted by atomic mass is 32.2. The van der Waals surface area contributed by atoms with E-state index >= 15 is 0 Å². The van der Waals surface area contributed by atoms with Gasteiger partial charge >= 0.3 is 0 Å². The van der Waals surface area contributed by atoms with Gasteiger partial charge in [0, 0.05) is 22.3 Å². The number of benzene rings is 1. The highest BCUT2D eigenvalue weighted by Gasteiger charge is 2.22. The second kappa shape index (κ2) is 6.28. The molecule has 0 heterocycles. The van der Waals surface area contributed by atoms with Crippen LogP contribution in [0.3, 0.4) is 0 Å². The fourth-order valence-corrected chi connectivity index (χ4v) is 4.30. The SMILES string of the molecule is Cc1ccc([N+](=O)[O-])cc1S(=O)C1CCCCCC1. The smallest absolute Gasteiger partial charge is 0.258 e. The number of hydrogen-bond acceptors (Lipinski definition) is 3. The van der Waals surface area contributed by atoms with Crippen molar-refractivity contribution in [2.24, 2.45) is 0 Å². The number of hydrogen-bond donors (Lipinski definition) is 0. The fraction of sp³-hybridized carbons (Fsp3) is 0.571. The minimum absolute atomic E-state index is 0.0302. The maximum atomic E-state index is 12.6. The first-order valence-electron chi connectivity index (χ1n) is 6.75. The number of nitrogens with zero attached hydrogens (tertiary/aromatic N) is 1. The molecule has 0 bridgehead atoms. The van der Waals surface area contributed by atoms with Gasteiger partial charge in [-0.3, -0.25) is 14.3 Å². The van der Waals surface area contributed by atoms with Crippen molar-refractivity contribution in [3.63, 3.8) is 0 Å². The molecule has 19 heavy (non-hydrogen) atoms. The van der Waals surface area contributed by atoms with Crippen molar-refractivity contribution in [1.82, 2.24) is 0 Å². The Kier molecular flexibility index (Phi) is 4.69. The van der Waals surface area contributed by atoms with Crippen molar-refractivity contribution in [3.05, 3.63) is 33.9 Å². The molecule has 1 aliphatic carbocycles. The minimum Gasteiger partial charge on any atom is -0.258 e. The lowest BCUT2D eigenvalue weighted by molar-refractivity contribution is -0.385. The number of aryl methyl sites for hydroxylation is 1. The molecule has 0 radical (unpaired) electrons. The molecule has 1 atom stereocenters. The Bertz CT molecular complexity index is 493. The summed E-state index contributed by atoms with van der Waals surface area (Å²) in [6.07, 6.45) is 6.58. The normalized spacial score (nSPS) is 18.8. The summed E-state index contributed by atoms with van der Waals surface area (Å²) in [7, 11) is -1.12. The van der Waals surface area contributed by atoms with Gasteiger partial charge in [-0.1, -0.05) is 31.7 Å². The van der Waals surface area contributed by atoms with Crippen LogP contribution in [0.25, 0.3) is 0 Å². The molecule has 0 spiro atoms. The van der Waals surface area contributed by atoms with Gasteiger partial charge in [-0.05, 0) is 25.3 Å². The highest BCUT2D eigenvalue weighted by Crippen LogP contribution is 2.28. The number of nitro benzene ring substituents is 1. The highest BCUT2D eigenvalue weighted by molar-refractivity contribution is 7.85. The van der Waals surface area contributed by atoms with E-state index < -0.39 is 15.7 Å². The molecule has 104 valence electrons. The third-order valence-corrected chi connectivity index (χ3v) is 5.65. The summed E-state index contributed by atoms with van der Waals surface area (Å²) >= 11 is 0. The first kappa shape index (κ1) is 14.2. The molecule has 1 fully saturated rings. The Hall–Kier alpha value is -1.23. The standard InChI is InChI=1S/C14H19NO3S/c1-11-8-9-12(15(16)17)10-14(11)19(18)13-6-4-2-3-5-7-13/h8-10,13H,2-7H2,1H3. The van der Waals surface area contributed by atoms with Crippen LogP contribution in [0.4, 0.5) is 5.69 Å². The first-order chi connectivity index (χ1) is 9.09. The quantitative estimate of drug-likeness (QED) is 0.482. The fourth-order valence-electron chi connectivity index (χ4n) is 2.55. The van der Waals surface area contributed by atoms with Crippen LogP contribution in [0.1, 0.15) is 44.1 Å². The predicted octanol–water partition coefficient (Wildman–Crippen LogP) is 3.73. The van der Waals surface area contributed by atoms with Gasteiger partial charge in [0.2, 0.25) is 0 Å². The van der Waals surface area contributed by atoms with Crippen LogP contribution in [0.2, 0.25) is 0 Å². The van der Waals surface area contributed by atoms with Crippen LogP contribution in [-0.4, -0.2) is 14.4 Å². The molecule has 4 nitrogen and oxygen atoms in total. The summed E-state index contributed by atoms with van der Waals surface area (Å²) in [5.74, 6) is 0. The van der Waals surface area contributed by atoms with E-state index in [1.165, 1.54) is 25.0 Å². The summed E-state index contributed by atoms with van der Waals surface area (Å²) in [4.78, 5) is 11.0. The van der Waals surface area contributed by atoms with Crippen molar-refractivity contribution in [2.45, 2.75) is 55.6 Å². The average Bonchev–Trinajstić information content (AvgIpc) is 2.67. The zero-order valence-electron chi connectivity index (χ0n) is 11.1. The molecule has 5 heteroatoms. The van der Waals surface area contributed by atoms with E-state index in [-0.39, 0.29) is 10.9 Å². The van der Waals surface area contributed by atoms with Crippen molar-refractivity contribution in [3.8, 4) is 0 Å². The van der Waals surface area contributed by atoms with Gasteiger partial charge in [0.15, 0.2) is 0 Å². The maximum absolute atomic E-state index is 12.6. The lowest BCUT2D eigenvalue weighted by atomic mass is 10.2. The van der Waals surface area contributed by atoms with Gasteiger partial charge in [0.05, 0.1) is 15.7 Å². The van der Waals surface area contributed by atoms with Crippen LogP contribution < -0.4 is 0 Å². The third-order valence-electron chi connectivity index (χ3n) is 3.70. The van der Waals surface area contributed by atoms with E-state index in [9.17, 15) is 14.3 Å². The van der Waals surface area contributed by atoms with Gasteiger partial charge < -0.3 is 0 Å². The Balaban J connectivity index is 2.26. The summed E-state index contributed by atoms with van der Waals surface area (Å²) in [5, 5.41) is 11.0. The second-order valence-corrected chi connectivity index (χ2v) is 6.82. The van der Waals surface area contributed by atoms with E-state index in [1.54, 1.807) is 6.07 Å². The third kappa shape index (κ3) is 3.41. The van der Waals surface area contributed by atoms with Crippen molar-refractivity contribution >= 4 is 16.5 Å². The van der Waals surface area contributed by atoms with Crippen LogP contribution in [-0.2, 0) is 10.8 Å². The van der Waals surface area contributed by atoms with E-state index in [0.29, 0.717) is 4.90 Å². The number of rotatable bonds is 3. The molecule has 1 aromatic carbocycles. The van der Waals surface area contributed by atoms with Gasteiger partial charge in [0.1, 0.15) is 0 Å². The molecule has 1 aromatic rings. The van der Waals surface area contributed by atoms with Crippen molar-refractivity contribution in [2.75, 3.05) is 0 Å². The molecule has 1 unspecified atom stereocenters. The van der Waals surface area contributed by atoms with E-state index in [1.807, 2.05) is 6.92 Å². The molecule has 0 N–H and O–H groups in total. The van der Waals surface area contributed by atoms with Gasteiger partial charge in [-0.15, -0.1) is 0 Å². The van der Waals surface area contributed by atoms with E-state index in [4.69, 9.17) is 0 Å². The molecule has 0 aliphatic heterocycles. The molecular formula is C14H19NO3S. The topological polar surface area (TPSA) is 60.2 Å². The molecule has 1 aliphatic rings. The summed E-state index contributed by atoms with van der Waals surface area (Å²) < 4.78 is 12.6. The minimum atomic E-state index is -1.12. The van der Waals surface area contributed by atoms with Crippen LogP contribution in [0.15, 0.2) is 23.1 Å². The Morgan fingerprint density at radius 2 is 1.84 bits per heavy atom. The van der Waals surface area contributed by atoms with Gasteiger partial charge in [0.25, 0.3) is 5.69 Å². The van der Waals surface area contributed by atoms with Gasteiger partial charge in [-0.25, -0.2) is 0 Å². The summed E-state index contributed by atoms with van der Waals surface area (Å²) in [6, 6.07) is 4.65.